The lowest BCUT2D eigenvalue weighted by Gasteiger charge is -2.26. The highest BCUT2D eigenvalue weighted by Gasteiger charge is 2.17. The van der Waals surface area contributed by atoms with Gasteiger partial charge in [-0.25, -0.2) is 0 Å². The van der Waals surface area contributed by atoms with Crippen LogP contribution < -0.4 is 4.90 Å². The van der Waals surface area contributed by atoms with Crippen LogP contribution in [-0.4, -0.2) is 4.98 Å². The van der Waals surface area contributed by atoms with Crippen LogP contribution in [0.25, 0.3) is 76.6 Å². The molecule has 0 radical (unpaired) electrons. The molecule has 8 aromatic carbocycles. The predicted molar refractivity (Wildman–Crippen MR) is 210 cm³/mol. The van der Waals surface area contributed by atoms with Gasteiger partial charge in [-0.05, 0) is 111 Å². The molecule has 3 nitrogen and oxygen atoms in total. The van der Waals surface area contributed by atoms with Crippen LogP contribution in [0.15, 0.2) is 187 Å². The zero-order valence-electron chi connectivity index (χ0n) is 27.1. The average molecular weight is 639 g/mol. The second-order valence-electron chi connectivity index (χ2n) is 12.9. The maximum Gasteiger partial charge on any atom is 0.137 e. The molecular weight excluding hydrogens is 609 g/mol. The summed E-state index contributed by atoms with van der Waals surface area (Å²) in [4.78, 5) is 6.90. The maximum atomic E-state index is 6.51. The molecule has 0 spiro atoms. The van der Waals surface area contributed by atoms with E-state index in [1.165, 1.54) is 43.8 Å². The molecule has 234 valence electrons. The van der Waals surface area contributed by atoms with Crippen LogP contribution in [0.3, 0.4) is 0 Å². The van der Waals surface area contributed by atoms with E-state index in [2.05, 4.69) is 180 Å². The number of anilines is 3. The summed E-state index contributed by atoms with van der Waals surface area (Å²) in [6, 6.07) is 62.8. The van der Waals surface area contributed by atoms with Gasteiger partial charge in [0.15, 0.2) is 0 Å². The Balaban J connectivity index is 1.10. The summed E-state index contributed by atoms with van der Waals surface area (Å²) in [6.07, 6.45) is 1.84. The first-order valence-corrected chi connectivity index (χ1v) is 16.9. The molecule has 0 aliphatic carbocycles. The van der Waals surface area contributed by atoms with Gasteiger partial charge in [0.05, 0.1) is 5.52 Å². The molecule has 0 amide bonds. The predicted octanol–water partition coefficient (Wildman–Crippen LogP) is 13.2. The molecule has 0 saturated carbocycles. The van der Waals surface area contributed by atoms with Crippen molar-refractivity contribution in [3.8, 4) is 22.3 Å². The third-order valence-corrected chi connectivity index (χ3v) is 9.84. The summed E-state index contributed by atoms with van der Waals surface area (Å²) >= 11 is 0. The Morgan fingerprint density at radius 2 is 0.940 bits per heavy atom. The minimum absolute atomic E-state index is 0.846. The maximum absolute atomic E-state index is 6.51. The third-order valence-electron chi connectivity index (χ3n) is 9.84. The first kappa shape index (κ1) is 28.3. The fourth-order valence-corrected chi connectivity index (χ4v) is 7.27. The summed E-state index contributed by atoms with van der Waals surface area (Å²) in [6.45, 7) is 0. The van der Waals surface area contributed by atoms with Crippen LogP contribution in [0.5, 0.6) is 0 Å². The molecule has 3 heteroatoms. The summed E-state index contributed by atoms with van der Waals surface area (Å²) in [7, 11) is 0. The Hall–Kier alpha value is -6.71. The quantitative estimate of drug-likeness (QED) is 0.188. The van der Waals surface area contributed by atoms with Gasteiger partial charge in [0.2, 0.25) is 0 Å². The Morgan fingerprint density at radius 3 is 1.78 bits per heavy atom. The summed E-state index contributed by atoms with van der Waals surface area (Å²) < 4.78 is 6.51. The van der Waals surface area contributed by atoms with E-state index in [4.69, 9.17) is 4.42 Å². The van der Waals surface area contributed by atoms with Gasteiger partial charge in [0.25, 0.3) is 0 Å². The minimum atomic E-state index is 0.846. The van der Waals surface area contributed by atoms with Crippen LogP contribution >= 0.6 is 0 Å². The number of pyridine rings is 1. The topological polar surface area (TPSA) is 29.3 Å². The minimum Gasteiger partial charge on any atom is -0.456 e. The molecule has 0 aliphatic heterocycles. The molecule has 0 fully saturated rings. The second-order valence-corrected chi connectivity index (χ2v) is 12.9. The fourth-order valence-electron chi connectivity index (χ4n) is 7.27. The van der Waals surface area contributed by atoms with E-state index in [9.17, 15) is 0 Å². The molecule has 10 aromatic rings. The van der Waals surface area contributed by atoms with Crippen molar-refractivity contribution in [2.24, 2.45) is 0 Å². The second kappa shape index (κ2) is 11.5. The highest BCUT2D eigenvalue weighted by Crippen LogP contribution is 2.41. The Bertz CT molecular complexity index is 2870. The van der Waals surface area contributed by atoms with Crippen molar-refractivity contribution in [3.05, 3.63) is 182 Å². The molecule has 0 aliphatic rings. The van der Waals surface area contributed by atoms with Crippen molar-refractivity contribution in [3.63, 3.8) is 0 Å². The molecule has 0 atom stereocenters. The highest BCUT2D eigenvalue weighted by atomic mass is 16.3. The summed E-state index contributed by atoms with van der Waals surface area (Å²) in [5, 5.41) is 8.10. The van der Waals surface area contributed by atoms with Gasteiger partial charge in [0.1, 0.15) is 11.2 Å². The van der Waals surface area contributed by atoms with E-state index in [0.29, 0.717) is 0 Å². The van der Waals surface area contributed by atoms with E-state index in [1.54, 1.807) is 0 Å². The van der Waals surface area contributed by atoms with E-state index in [1.807, 2.05) is 12.3 Å². The van der Waals surface area contributed by atoms with Crippen LogP contribution in [0, 0.1) is 0 Å². The summed E-state index contributed by atoms with van der Waals surface area (Å²) in [5.74, 6) is 0. The Labute approximate surface area is 289 Å². The molecular formula is C47H30N2O. The van der Waals surface area contributed by atoms with Gasteiger partial charge in [-0.3, -0.25) is 4.98 Å². The molecule has 10 rings (SSSR count). The number of aromatic nitrogens is 1. The number of furan rings is 1. The summed E-state index contributed by atoms with van der Waals surface area (Å²) in [5.41, 5.74) is 10.7. The normalized spacial score (nSPS) is 11.6. The highest BCUT2D eigenvalue weighted by molar-refractivity contribution is 6.10. The van der Waals surface area contributed by atoms with Gasteiger partial charge in [-0.15, -0.1) is 0 Å². The van der Waals surface area contributed by atoms with E-state index in [0.717, 1.165) is 49.9 Å². The first-order chi connectivity index (χ1) is 24.7. The molecule has 0 unspecified atom stereocenters. The number of fused-ring (bicyclic) bond motifs is 6. The molecule has 2 aromatic heterocycles. The molecule has 0 bridgehead atoms. The Morgan fingerprint density at radius 1 is 0.360 bits per heavy atom. The van der Waals surface area contributed by atoms with Crippen molar-refractivity contribution >= 4 is 71.4 Å². The van der Waals surface area contributed by atoms with Crippen molar-refractivity contribution in [1.29, 1.82) is 0 Å². The SMILES string of the molecule is c1ccc(-c2ccc3cc(N(c4ccc(-c5ccc6ccccc6c5)cc4)c4ccc5c(c4)oc4cc6cccnc6cc45)ccc3c2)cc1. The molecule has 0 saturated heterocycles. The lowest BCUT2D eigenvalue weighted by Crippen LogP contribution is -2.09. The third kappa shape index (κ3) is 4.87. The zero-order valence-corrected chi connectivity index (χ0v) is 27.1. The number of hydrogen-bond acceptors (Lipinski definition) is 3. The molecule has 50 heavy (non-hydrogen) atoms. The van der Waals surface area contributed by atoms with E-state index >= 15 is 0 Å². The fraction of sp³-hybridized carbons (Fsp3) is 0. The monoisotopic (exact) mass is 638 g/mol. The van der Waals surface area contributed by atoms with Gasteiger partial charge in [0, 0.05) is 45.5 Å². The van der Waals surface area contributed by atoms with Gasteiger partial charge >= 0.3 is 0 Å². The number of nitrogens with zero attached hydrogens (tertiary/aromatic N) is 2. The van der Waals surface area contributed by atoms with Gasteiger partial charge < -0.3 is 9.32 Å². The van der Waals surface area contributed by atoms with E-state index in [-0.39, 0.29) is 0 Å². The van der Waals surface area contributed by atoms with Gasteiger partial charge in [-0.2, -0.15) is 0 Å². The lowest BCUT2D eigenvalue weighted by molar-refractivity contribution is 0.669. The largest absolute Gasteiger partial charge is 0.456 e. The average Bonchev–Trinajstić information content (AvgIpc) is 3.53. The lowest BCUT2D eigenvalue weighted by atomic mass is 10.00. The number of hydrogen-bond donors (Lipinski definition) is 0. The first-order valence-electron chi connectivity index (χ1n) is 16.9. The zero-order chi connectivity index (χ0) is 33.0. The Kier molecular flexibility index (Phi) is 6.49. The molecule has 2 heterocycles. The molecule has 0 N–H and O–H groups in total. The van der Waals surface area contributed by atoms with Crippen molar-refractivity contribution in [2.45, 2.75) is 0 Å². The smallest absolute Gasteiger partial charge is 0.137 e. The van der Waals surface area contributed by atoms with Crippen LogP contribution in [0.2, 0.25) is 0 Å². The van der Waals surface area contributed by atoms with Crippen LogP contribution in [-0.2, 0) is 0 Å². The van der Waals surface area contributed by atoms with Crippen molar-refractivity contribution in [1.82, 2.24) is 4.98 Å². The number of rotatable bonds is 5. The van der Waals surface area contributed by atoms with Crippen molar-refractivity contribution in [2.75, 3.05) is 4.90 Å². The van der Waals surface area contributed by atoms with Gasteiger partial charge in [-0.1, -0.05) is 103 Å². The number of benzene rings is 8. The standard InChI is InChI=1S/C47H30N2O/c1-2-7-31(8-3-1)35-14-15-38-27-41(21-18-37(38)26-35)49(40-19-16-33(17-20-40)36-13-12-32-9-4-5-10-34(32)25-36)42-22-23-43-44-30-45-39(11-6-24-48-45)28-46(44)50-47(43)29-42/h1-30H. The van der Waals surface area contributed by atoms with Crippen LogP contribution in [0.1, 0.15) is 0 Å². The van der Waals surface area contributed by atoms with Crippen molar-refractivity contribution < 1.29 is 4.42 Å². The van der Waals surface area contributed by atoms with E-state index < -0.39 is 0 Å². The van der Waals surface area contributed by atoms with Crippen LogP contribution in [0.4, 0.5) is 17.1 Å².